The van der Waals surface area contributed by atoms with E-state index < -0.39 is 28.5 Å². The average molecular weight is 629 g/mol. The number of aryl methyl sites for hydroxylation is 1. The van der Waals surface area contributed by atoms with Crippen LogP contribution in [0.25, 0.3) is 0 Å². The minimum Gasteiger partial charge on any atom is -0.352 e. The monoisotopic (exact) mass is 627 g/mol. The highest BCUT2D eigenvalue weighted by atomic mass is 79.9. The van der Waals surface area contributed by atoms with Crippen LogP contribution < -0.4 is 9.62 Å². The zero-order chi connectivity index (χ0) is 29.6. The van der Waals surface area contributed by atoms with Crippen molar-refractivity contribution in [2.75, 3.05) is 10.8 Å². The fourth-order valence-corrected chi connectivity index (χ4v) is 5.84. The van der Waals surface area contributed by atoms with Gasteiger partial charge in [0.15, 0.2) is 0 Å². The molecule has 2 amide bonds. The van der Waals surface area contributed by atoms with Crippen LogP contribution in [0.3, 0.4) is 0 Å². The summed E-state index contributed by atoms with van der Waals surface area (Å²) in [5.41, 5.74) is 3.17. The van der Waals surface area contributed by atoms with Gasteiger partial charge in [-0.3, -0.25) is 13.9 Å². The maximum atomic E-state index is 14.0. The number of sulfonamides is 1. The molecule has 0 bridgehead atoms. The van der Waals surface area contributed by atoms with Gasteiger partial charge in [-0.1, -0.05) is 71.7 Å². The Morgan fingerprint density at radius 3 is 1.95 bits per heavy atom. The lowest BCUT2D eigenvalue weighted by Gasteiger charge is -2.32. The molecular formula is C31H38BrN3O4S. The second kappa shape index (κ2) is 13.5. The second-order valence-electron chi connectivity index (χ2n) is 10.6. The third-order valence-corrected chi connectivity index (χ3v) is 8.92. The summed E-state index contributed by atoms with van der Waals surface area (Å²) in [4.78, 5) is 28.5. The number of hydrogen-bond donors (Lipinski definition) is 1. The van der Waals surface area contributed by atoms with Crippen LogP contribution in [0.5, 0.6) is 0 Å². The van der Waals surface area contributed by atoms with Crippen molar-refractivity contribution in [3.8, 4) is 0 Å². The zero-order valence-electron chi connectivity index (χ0n) is 23.9. The quantitative estimate of drug-likeness (QED) is 0.282. The molecule has 3 rings (SSSR count). The molecule has 0 radical (unpaired) electrons. The number of rotatable bonds is 11. The maximum Gasteiger partial charge on any atom is 0.264 e. The predicted octanol–water partition coefficient (Wildman–Crippen LogP) is 6.02. The average Bonchev–Trinajstić information content (AvgIpc) is 2.90. The minimum absolute atomic E-state index is 0.0869. The molecule has 214 valence electrons. The van der Waals surface area contributed by atoms with Gasteiger partial charge in [0.2, 0.25) is 11.8 Å². The van der Waals surface area contributed by atoms with Gasteiger partial charge in [-0.25, -0.2) is 8.42 Å². The van der Waals surface area contributed by atoms with E-state index in [0.29, 0.717) is 5.69 Å². The molecule has 0 heterocycles. The number of halogens is 1. The van der Waals surface area contributed by atoms with Crippen LogP contribution in [-0.2, 0) is 26.2 Å². The van der Waals surface area contributed by atoms with Gasteiger partial charge in [-0.15, -0.1) is 0 Å². The van der Waals surface area contributed by atoms with Crippen LogP contribution in [0, 0.1) is 6.92 Å². The summed E-state index contributed by atoms with van der Waals surface area (Å²) in [6.07, 6.45) is 0. The Morgan fingerprint density at radius 1 is 0.850 bits per heavy atom. The Bertz CT molecular complexity index is 1400. The largest absolute Gasteiger partial charge is 0.352 e. The molecule has 0 spiro atoms. The lowest BCUT2D eigenvalue weighted by atomic mass is 10.0. The van der Waals surface area contributed by atoms with Crippen LogP contribution in [0.15, 0.2) is 82.2 Å². The Labute approximate surface area is 246 Å². The number of benzene rings is 3. The van der Waals surface area contributed by atoms with Crippen molar-refractivity contribution in [2.24, 2.45) is 0 Å². The number of anilines is 1. The minimum atomic E-state index is -4.10. The van der Waals surface area contributed by atoms with Crippen LogP contribution in [0.4, 0.5) is 5.69 Å². The molecule has 1 N–H and O–H groups in total. The Balaban J connectivity index is 2.04. The topological polar surface area (TPSA) is 86.8 Å². The molecule has 1 atom stereocenters. The lowest BCUT2D eigenvalue weighted by Crippen LogP contribution is -2.52. The molecule has 40 heavy (non-hydrogen) atoms. The smallest absolute Gasteiger partial charge is 0.264 e. The lowest BCUT2D eigenvalue weighted by molar-refractivity contribution is -0.139. The molecule has 0 fully saturated rings. The Morgan fingerprint density at radius 2 is 1.43 bits per heavy atom. The number of hydrogen-bond acceptors (Lipinski definition) is 4. The van der Waals surface area contributed by atoms with E-state index in [1.165, 1.54) is 4.90 Å². The van der Waals surface area contributed by atoms with E-state index in [1.807, 2.05) is 57.2 Å². The standard InChI is InChI=1S/C31H38BrN3O4S/c1-21(2)26-11-15-28(16-12-26)35(40(38,39)29-17-7-23(5)8-18-29)20-30(36)34(24(6)31(37)33-22(3)4)19-25-9-13-27(32)14-10-25/h7-18,21-22,24H,19-20H2,1-6H3,(H,33,37). The molecule has 0 aromatic heterocycles. The van der Waals surface area contributed by atoms with Crippen molar-refractivity contribution in [2.45, 2.75) is 71.0 Å². The summed E-state index contributed by atoms with van der Waals surface area (Å²) in [7, 11) is -4.10. The van der Waals surface area contributed by atoms with Crippen molar-refractivity contribution in [1.29, 1.82) is 0 Å². The van der Waals surface area contributed by atoms with Gasteiger partial charge in [0, 0.05) is 17.1 Å². The molecule has 7 nitrogen and oxygen atoms in total. The van der Waals surface area contributed by atoms with Crippen LogP contribution >= 0.6 is 15.9 Å². The van der Waals surface area contributed by atoms with Gasteiger partial charge in [-0.05, 0) is 81.1 Å². The molecule has 3 aromatic rings. The Kier molecular flexibility index (Phi) is 10.6. The van der Waals surface area contributed by atoms with Crippen LogP contribution in [0.1, 0.15) is 57.2 Å². The van der Waals surface area contributed by atoms with Gasteiger partial charge < -0.3 is 10.2 Å². The molecule has 3 aromatic carbocycles. The number of carbonyl (C=O) groups excluding carboxylic acids is 2. The van der Waals surface area contributed by atoms with Crippen molar-refractivity contribution in [3.05, 3.63) is 94.0 Å². The SMILES string of the molecule is Cc1ccc(S(=O)(=O)N(CC(=O)N(Cc2ccc(Br)cc2)C(C)C(=O)NC(C)C)c2ccc(C(C)C)cc2)cc1. The van der Waals surface area contributed by atoms with E-state index in [2.05, 4.69) is 35.1 Å². The highest BCUT2D eigenvalue weighted by Crippen LogP contribution is 2.27. The Hall–Kier alpha value is -3.17. The molecule has 1 unspecified atom stereocenters. The molecule has 0 aliphatic rings. The number of nitrogens with zero attached hydrogens (tertiary/aromatic N) is 2. The van der Waals surface area contributed by atoms with Crippen molar-refractivity contribution >= 4 is 43.5 Å². The number of amides is 2. The van der Waals surface area contributed by atoms with E-state index >= 15 is 0 Å². The third kappa shape index (κ3) is 7.95. The van der Waals surface area contributed by atoms with Gasteiger partial charge >= 0.3 is 0 Å². The first-order valence-electron chi connectivity index (χ1n) is 13.3. The van der Waals surface area contributed by atoms with E-state index in [0.717, 1.165) is 25.5 Å². The van der Waals surface area contributed by atoms with Gasteiger partial charge in [-0.2, -0.15) is 0 Å². The van der Waals surface area contributed by atoms with E-state index in [1.54, 1.807) is 43.3 Å². The van der Waals surface area contributed by atoms with Gasteiger partial charge in [0.05, 0.1) is 10.6 Å². The summed E-state index contributed by atoms with van der Waals surface area (Å²) in [5.74, 6) is -0.535. The predicted molar refractivity (Wildman–Crippen MR) is 164 cm³/mol. The summed E-state index contributed by atoms with van der Waals surface area (Å²) in [6.45, 7) is 11.0. The molecular weight excluding hydrogens is 590 g/mol. The fourth-order valence-electron chi connectivity index (χ4n) is 4.17. The summed E-state index contributed by atoms with van der Waals surface area (Å²) >= 11 is 3.42. The molecule has 0 aliphatic heterocycles. The van der Waals surface area contributed by atoms with Crippen molar-refractivity contribution < 1.29 is 18.0 Å². The maximum absolute atomic E-state index is 14.0. The summed E-state index contributed by atoms with van der Waals surface area (Å²) in [5, 5.41) is 2.86. The number of nitrogens with one attached hydrogen (secondary N) is 1. The first-order valence-corrected chi connectivity index (χ1v) is 15.6. The normalized spacial score (nSPS) is 12.3. The third-order valence-electron chi connectivity index (χ3n) is 6.60. The van der Waals surface area contributed by atoms with E-state index in [4.69, 9.17) is 0 Å². The van der Waals surface area contributed by atoms with Gasteiger partial charge in [0.1, 0.15) is 12.6 Å². The molecule has 0 saturated heterocycles. The number of carbonyl (C=O) groups is 2. The first kappa shape index (κ1) is 31.4. The van der Waals surface area contributed by atoms with E-state index in [9.17, 15) is 18.0 Å². The first-order chi connectivity index (χ1) is 18.8. The second-order valence-corrected chi connectivity index (χ2v) is 13.3. The molecule has 9 heteroatoms. The summed E-state index contributed by atoms with van der Waals surface area (Å²) in [6, 6.07) is 20.3. The van der Waals surface area contributed by atoms with Gasteiger partial charge in [0.25, 0.3) is 10.0 Å². The molecule has 0 aliphatic carbocycles. The van der Waals surface area contributed by atoms with E-state index in [-0.39, 0.29) is 29.3 Å². The zero-order valence-corrected chi connectivity index (χ0v) is 26.3. The van der Waals surface area contributed by atoms with Crippen molar-refractivity contribution in [3.63, 3.8) is 0 Å². The highest BCUT2D eigenvalue weighted by Gasteiger charge is 2.32. The van der Waals surface area contributed by atoms with Crippen LogP contribution in [-0.4, -0.2) is 43.8 Å². The van der Waals surface area contributed by atoms with Crippen LogP contribution in [0.2, 0.25) is 0 Å². The summed E-state index contributed by atoms with van der Waals surface area (Å²) < 4.78 is 29.9. The van der Waals surface area contributed by atoms with Crippen molar-refractivity contribution in [1.82, 2.24) is 10.2 Å². The molecule has 0 saturated carbocycles. The highest BCUT2D eigenvalue weighted by molar-refractivity contribution is 9.10. The fraction of sp³-hybridized carbons (Fsp3) is 0.355.